The molecule has 5 heteroatoms. The number of hydrogen-bond donors (Lipinski definition) is 1. The van der Waals surface area contributed by atoms with Crippen molar-refractivity contribution < 1.29 is 9.21 Å². The average molecular weight is 293 g/mol. The number of amides is 1. The van der Waals surface area contributed by atoms with Gasteiger partial charge < -0.3 is 14.6 Å². The van der Waals surface area contributed by atoms with Crippen LogP contribution in [0.4, 0.5) is 5.69 Å². The number of nitrogens with zero attached hydrogens (tertiary/aromatic N) is 1. The summed E-state index contributed by atoms with van der Waals surface area (Å²) in [6.07, 6.45) is 1.56. The summed E-state index contributed by atoms with van der Waals surface area (Å²) < 4.78 is 5.23. The molecular formula is C15H17ClN2O2. The van der Waals surface area contributed by atoms with Crippen molar-refractivity contribution in [1.82, 2.24) is 5.32 Å². The van der Waals surface area contributed by atoms with Gasteiger partial charge in [-0.25, -0.2) is 0 Å². The minimum atomic E-state index is 0. The van der Waals surface area contributed by atoms with Gasteiger partial charge in [-0.3, -0.25) is 4.79 Å². The second-order valence-electron chi connectivity index (χ2n) is 4.65. The van der Waals surface area contributed by atoms with Crippen molar-refractivity contribution in [3.8, 4) is 0 Å². The lowest BCUT2D eigenvalue weighted by Crippen LogP contribution is -2.34. The van der Waals surface area contributed by atoms with Gasteiger partial charge in [0.05, 0.1) is 11.8 Å². The predicted molar refractivity (Wildman–Crippen MR) is 80.5 cm³/mol. The van der Waals surface area contributed by atoms with Gasteiger partial charge in [-0.1, -0.05) is 18.2 Å². The van der Waals surface area contributed by atoms with Crippen LogP contribution in [0.2, 0.25) is 0 Å². The number of carbonyl (C=O) groups excluding carboxylic acids is 1. The summed E-state index contributed by atoms with van der Waals surface area (Å²) in [5, 5.41) is 3.33. The van der Waals surface area contributed by atoms with E-state index in [1.165, 1.54) is 0 Å². The maximum atomic E-state index is 12.6. The Balaban J connectivity index is 0.00000147. The molecule has 0 saturated carbocycles. The van der Waals surface area contributed by atoms with Crippen LogP contribution in [0.3, 0.4) is 0 Å². The lowest BCUT2D eigenvalue weighted by molar-refractivity contribution is 0.0986. The molecule has 0 unspecified atom stereocenters. The van der Waals surface area contributed by atoms with Crippen LogP contribution in [-0.2, 0) is 6.54 Å². The van der Waals surface area contributed by atoms with Crippen LogP contribution in [0.15, 0.2) is 41.0 Å². The van der Waals surface area contributed by atoms with Crippen molar-refractivity contribution in [3.63, 3.8) is 0 Å². The zero-order valence-corrected chi connectivity index (χ0v) is 12.1. The Morgan fingerprint density at radius 1 is 1.30 bits per heavy atom. The van der Waals surface area contributed by atoms with Gasteiger partial charge in [0.15, 0.2) is 0 Å². The Morgan fingerprint density at radius 3 is 2.85 bits per heavy atom. The summed E-state index contributed by atoms with van der Waals surface area (Å²) in [5.74, 6) is 0.669. The summed E-state index contributed by atoms with van der Waals surface area (Å²) >= 11 is 0. The summed E-state index contributed by atoms with van der Waals surface area (Å²) in [6, 6.07) is 9.74. The SMILES string of the molecule is Cc1occc1C(=O)N1CCNCc2ccccc21.Cl. The minimum absolute atomic E-state index is 0. The third-order valence-corrected chi connectivity index (χ3v) is 3.44. The van der Waals surface area contributed by atoms with Crippen molar-refractivity contribution in [2.24, 2.45) is 0 Å². The van der Waals surface area contributed by atoms with E-state index in [-0.39, 0.29) is 18.3 Å². The van der Waals surface area contributed by atoms with Crippen LogP contribution in [0, 0.1) is 6.92 Å². The Hall–Kier alpha value is -1.78. The molecule has 4 nitrogen and oxygen atoms in total. The molecule has 1 N–H and O–H groups in total. The first-order valence-corrected chi connectivity index (χ1v) is 6.42. The maximum absolute atomic E-state index is 12.6. The second kappa shape index (κ2) is 6.11. The van der Waals surface area contributed by atoms with Crippen LogP contribution < -0.4 is 10.2 Å². The molecule has 0 saturated heterocycles. The lowest BCUT2D eigenvalue weighted by atomic mass is 10.1. The zero-order chi connectivity index (χ0) is 13.2. The molecule has 0 radical (unpaired) electrons. The first-order valence-electron chi connectivity index (χ1n) is 6.42. The van der Waals surface area contributed by atoms with Crippen LogP contribution >= 0.6 is 12.4 Å². The monoisotopic (exact) mass is 292 g/mol. The summed E-state index contributed by atoms with van der Waals surface area (Å²) in [4.78, 5) is 14.5. The molecule has 0 aliphatic carbocycles. The first-order chi connectivity index (χ1) is 9.27. The van der Waals surface area contributed by atoms with Crippen LogP contribution in [-0.4, -0.2) is 19.0 Å². The van der Waals surface area contributed by atoms with E-state index >= 15 is 0 Å². The summed E-state index contributed by atoms with van der Waals surface area (Å²) in [6.45, 7) is 4.07. The number of halogens is 1. The first kappa shape index (κ1) is 14.6. The van der Waals surface area contributed by atoms with E-state index < -0.39 is 0 Å². The van der Waals surface area contributed by atoms with Gasteiger partial charge in [0.25, 0.3) is 5.91 Å². The second-order valence-corrected chi connectivity index (χ2v) is 4.65. The van der Waals surface area contributed by atoms with E-state index in [0.29, 0.717) is 17.9 Å². The van der Waals surface area contributed by atoms with Crippen molar-refractivity contribution in [2.75, 3.05) is 18.0 Å². The van der Waals surface area contributed by atoms with Gasteiger partial charge in [0.1, 0.15) is 5.76 Å². The number of carbonyl (C=O) groups is 1. The zero-order valence-electron chi connectivity index (χ0n) is 11.3. The van der Waals surface area contributed by atoms with E-state index in [9.17, 15) is 4.79 Å². The van der Waals surface area contributed by atoms with E-state index in [4.69, 9.17) is 4.42 Å². The summed E-state index contributed by atoms with van der Waals surface area (Å²) in [7, 11) is 0. The third-order valence-electron chi connectivity index (χ3n) is 3.44. The van der Waals surface area contributed by atoms with E-state index in [1.54, 1.807) is 12.3 Å². The normalized spacial score (nSPS) is 14.2. The number of rotatable bonds is 1. The number of aryl methyl sites for hydroxylation is 1. The molecule has 0 bridgehead atoms. The molecular weight excluding hydrogens is 276 g/mol. The smallest absolute Gasteiger partial charge is 0.261 e. The molecule has 1 amide bonds. The molecule has 3 rings (SSSR count). The Labute approximate surface area is 124 Å². The molecule has 1 aromatic carbocycles. The van der Waals surface area contributed by atoms with Crippen LogP contribution in [0.25, 0.3) is 0 Å². The fourth-order valence-corrected chi connectivity index (χ4v) is 2.42. The van der Waals surface area contributed by atoms with Gasteiger partial charge in [-0.2, -0.15) is 0 Å². The highest BCUT2D eigenvalue weighted by atomic mass is 35.5. The molecule has 20 heavy (non-hydrogen) atoms. The highest BCUT2D eigenvalue weighted by molar-refractivity contribution is 6.07. The van der Waals surface area contributed by atoms with E-state index in [1.807, 2.05) is 30.0 Å². The minimum Gasteiger partial charge on any atom is -0.469 e. The average Bonchev–Trinajstić information content (AvgIpc) is 2.74. The van der Waals surface area contributed by atoms with Crippen molar-refractivity contribution in [1.29, 1.82) is 0 Å². The molecule has 0 spiro atoms. The Bertz CT molecular complexity index is 609. The number of para-hydroxylation sites is 1. The van der Waals surface area contributed by atoms with E-state index in [0.717, 1.165) is 24.3 Å². The van der Waals surface area contributed by atoms with Crippen molar-refractivity contribution in [3.05, 3.63) is 53.5 Å². The van der Waals surface area contributed by atoms with Crippen LogP contribution in [0.1, 0.15) is 21.7 Å². The molecule has 2 heterocycles. The molecule has 1 aromatic heterocycles. The van der Waals surface area contributed by atoms with Gasteiger partial charge in [0.2, 0.25) is 0 Å². The topological polar surface area (TPSA) is 45.5 Å². The molecule has 0 atom stereocenters. The number of fused-ring (bicyclic) bond motifs is 1. The molecule has 2 aromatic rings. The largest absolute Gasteiger partial charge is 0.469 e. The lowest BCUT2D eigenvalue weighted by Gasteiger charge is -2.22. The third kappa shape index (κ3) is 2.57. The molecule has 1 aliphatic rings. The van der Waals surface area contributed by atoms with Crippen molar-refractivity contribution in [2.45, 2.75) is 13.5 Å². The van der Waals surface area contributed by atoms with Gasteiger partial charge in [-0.05, 0) is 24.6 Å². The number of hydrogen-bond acceptors (Lipinski definition) is 3. The number of anilines is 1. The quantitative estimate of drug-likeness (QED) is 0.879. The Morgan fingerprint density at radius 2 is 2.10 bits per heavy atom. The summed E-state index contributed by atoms with van der Waals surface area (Å²) in [5.41, 5.74) is 2.77. The van der Waals surface area contributed by atoms with E-state index in [2.05, 4.69) is 11.4 Å². The molecule has 106 valence electrons. The van der Waals surface area contributed by atoms with Gasteiger partial charge in [0, 0.05) is 25.3 Å². The Kier molecular flexibility index (Phi) is 4.47. The number of furan rings is 1. The highest BCUT2D eigenvalue weighted by Gasteiger charge is 2.23. The maximum Gasteiger partial charge on any atom is 0.261 e. The molecule has 1 aliphatic heterocycles. The predicted octanol–water partition coefficient (Wildman–Crippen LogP) is 2.76. The number of nitrogens with one attached hydrogen (secondary N) is 1. The number of benzene rings is 1. The van der Waals surface area contributed by atoms with Gasteiger partial charge >= 0.3 is 0 Å². The fourth-order valence-electron chi connectivity index (χ4n) is 2.42. The standard InChI is InChI=1S/C15H16N2O2.ClH/c1-11-13(6-9-19-11)15(18)17-8-7-16-10-12-4-2-3-5-14(12)17;/h2-6,9,16H,7-8,10H2,1H3;1H. The molecule has 0 fully saturated rings. The highest BCUT2D eigenvalue weighted by Crippen LogP contribution is 2.24. The van der Waals surface area contributed by atoms with Gasteiger partial charge in [-0.15, -0.1) is 12.4 Å². The fraction of sp³-hybridized carbons (Fsp3) is 0.267. The van der Waals surface area contributed by atoms with Crippen molar-refractivity contribution >= 4 is 24.0 Å². The van der Waals surface area contributed by atoms with Crippen LogP contribution in [0.5, 0.6) is 0 Å².